The molecule has 0 saturated heterocycles. The van der Waals surface area contributed by atoms with Crippen LogP contribution in [0.1, 0.15) is 18.1 Å². The zero-order valence-electron chi connectivity index (χ0n) is 13.0. The lowest BCUT2D eigenvalue weighted by molar-refractivity contribution is 0.320. The third-order valence-electron chi connectivity index (χ3n) is 3.20. The highest BCUT2D eigenvalue weighted by Gasteiger charge is 2.20. The first-order valence-electron chi connectivity index (χ1n) is 7.00. The summed E-state index contributed by atoms with van der Waals surface area (Å²) in [7, 11) is -4.33. The minimum absolute atomic E-state index is 0.0716. The second-order valence-electron chi connectivity index (χ2n) is 5.08. The lowest BCUT2D eigenvalue weighted by Gasteiger charge is -2.15. The van der Waals surface area contributed by atoms with Crippen LogP contribution in [-0.4, -0.2) is 16.4 Å². The summed E-state index contributed by atoms with van der Waals surface area (Å²) in [6.07, 6.45) is 0. The third-order valence-corrected chi connectivity index (χ3v) is 4.14. The molecule has 0 aliphatic carbocycles. The zero-order valence-corrected chi connectivity index (χ0v) is 13.9. The maximum absolute atomic E-state index is 13.9. The summed E-state index contributed by atoms with van der Waals surface area (Å²) >= 11 is 0. The van der Waals surface area contributed by atoms with Gasteiger partial charge < -0.3 is 19.3 Å². The second-order valence-corrected chi connectivity index (χ2v) is 6.68. The van der Waals surface area contributed by atoms with Gasteiger partial charge in [0.1, 0.15) is 11.5 Å². The first kappa shape index (κ1) is 17.5. The van der Waals surface area contributed by atoms with E-state index in [1.54, 1.807) is 26.8 Å². The number of hydrogen-bond donors (Lipinski definition) is 2. The molecular formula is C16H18FO5P. The molecule has 0 spiro atoms. The molecule has 0 amide bonds. The van der Waals surface area contributed by atoms with Gasteiger partial charge >= 0.3 is 7.60 Å². The van der Waals surface area contributed by atoms with E-state index in [0.717, 1.165) is 0 Å². The highest BCUT2D eigenvalue weighted by Crippen LogP contribution is 2.37. The molecule has 2 aromatic carbocycles. The lowest BCUT2D eigenvalue weighted by Crippen LogP contribution is -2.07. The van der Waals surface area contributed by atoms with E-state index >= 15 is 0 Å². The van der Waals surface area contributed by atoms with Gasteiger partial charge in [0.25, 0.3) is 0 Å². The van der Waals surface area contributed by atoms with Crippen molar-refractivity contribution in [3.63, 3.8) is 0 Å². The van der Waals surface area contributed by atoms with Crippen molar-refractivity contribution in [2.24, 2.45) is 0 Å². The summed E-state index contributed by atoms with van der Waals surface area (Å²) in [5.74, 6) is 0.323. The van der Waals surface area contributed by atoms with E-state index in [2.05, 4.69) is 0 Å². The minimum atomic E-state index is -4.33. The van der Waals surface area contributed by atoms with Crippen molar-refractivity contribution in [2.45, 2.75) is 20.8 Å². The molecule has 2 rings (SSSR count). The van der Waals surface area contributed by atoms with Crippen molar-refractivity contribution in [3.8, 4) is 17.2 Å². The van der Waals surface area contributed by atoms with Crippen LogP contribution in [0.25, 0.3) is 0 Å². The molecular weight excluding hydrogens is 322 g/mol. The molecule has 0 bridgehead atoms. The zero-order chi connectivity index (χ0) is 17.2. The third kappa shape index (κ3) is 4.10. The number of benzene rings is 2. The number of hydrogen-bond acceptors (Lipinski definition) is 3. The number of halogens is 1. The SMILES string of the molecule is CCOc1ccc(Oc2c(C)cc(P(=O)(O)O)cc2C)cc1F. The van der Waals surface area contributed by atoms with E-state index in [0.29, 0.717) is 23.5 Å². The summed E-state index contributed by atoms with van der Waals surface area (Å²) in [6, 6.07) is 7.00. The molecule has 0 aromatic heterocycles. The van der Waals surface area contributed by atoms with Crippen LogP contribution in [0.4, 0.5) is 4.39 Å². The predicted molar refractivity (Wildman–Crippen MR) is 85.2 cm³/mol. The van der Waals surface area contributed by atoms with Gasteiger partial charge in [0.2, 0.25) is 0 Å². The Kier molecular flexibility index (Phi) is 5.09. The smallest absolute Gasteiger partial charge is 0.356 e. The van der Waals surface area contributed by atoms with Crippen LogP contribution < -0.4 is 14.8 Å². The van der Waals surface area contributed by atoms with Gasteiger partial charge in [-0.1, -0.05) is 0 Å². The van der Waals surface area contributed by atoms with Crippen LogP contribution in [0.3, 0.4) is 0 Å². The number of ether oxygens (including phenoxy) is 2. The van der Waals surface area contributed by atoms with Crippen LogP contribution in [0.5, 0.6) is 17.2 Å². The van der Waals surface area contributed by atoms with Gasteiger partial charge in [-0.25, -0.2) is 4.39 Å². The fraction of sp³-hybridized carbons (Fsp3) is 0.250. The van der Waals surface area contributed by atoms with E-state index in [9.17, 15) is 18.7 Å². The van der Waals surface area contributed by atoms with Crippen LogP contribution in [0, 0.1) is 19.7 Å². The van der Waals surface area contributed by atoms with Gasteiger partial charge in [-0.15, -0.1) is 0 Å². The molecule has 0 unspecified atom stereocenters. The van der Waals surface area contributed by atoms with E-state index in [1.807, 2.05) is 0 Å². The second kappa shape index (κ2) is 6.71. The monoisotopic (exact) mass is 340 g/mol. The molecule has 0 fully saturated rings. The Morgan fingerprint density at radius 1 is 1.13 bits per heavy atom. The highest BCUT2D eigenvalue weighted by molar-refractivity contribution is 7.60. The highest BCUT2D eigenvalue weighted by atomic mass is 31.2. The molecule has 0 radical (unpaired) electrons. The lowest BCUT2D eigenvalue weighted by atomic mass is 10.1. The number of aryl methyl sites for hydroxylation is 2. The van der Waals surface area contributed by atoms with E-state index in [-0.39, 0.29) is 16.8 Å². The average molecular weight is 340 g/mol. The summed E-state index contributed by atoms with van der Waals surface area (Å²) < 4.78 is 36.0. The van der Waals surface area contributed by atoms with Crippen LogP contribution in [0.2, 0.25) is 0 Å². The Morgan fingerprint density at radius 3 is 2.22 bits per heavy atom. The number of rotatable bonds is 5. The first-order valence-corrected chi connectivity index (χ1v) is 8.61. The van der Waals surface area contributed by atoms with Crippen molar-refractivity contribution in [3.05, 3.63) is 47.3 Å². The molecule has 7 heteroatoms. The van der Waals surface area contributed by atoms with Crippen molar-refractivity contribution in [2.75, 3.05) is 6.61 Å². The normalized spacial score (nSPS) is 11.4. The summed E-state index contributed by atoms with van der Waals surface area (Å²) in [6.45, 7) is 5.47. The molecule has 0 heterocycles. The van der Waals surface area contributed by atoms with Crippen LogP contribution in [-0.2, 0) is 4.57 Å². The molecule has 5 nitrogen and oxygen atoms in total. The molecule has 0 atom stereocenters. The maximum atomic E-state index is 13.9. The standard InChI is InChI=1S/C16H18FO5P/c1-4-21-15-6-5-12(9-14(15)17)22-16-10(2)7-13(8-11(16)3)23(18,19)20/h5-9H,4H2,1-3H3,(H2,18,19,20). The Bertz CT molecular complexity index is 746. The molecule has 23 heavy (non-hydrogen) atoms. The van der Waals surface area contributed by atoms with E-state index < -0.39 is 13.4 Å². The Morgan fingerprint density at radius 2 is 1.74 bits per heavy atom. The van der Waals surface area contributed by atoms with Gasteiger partial charge in [0.05, 0.1) is 11.9 Å². The average Bonchev–Trinajstić information content (AvgIpc) is 2.44. The van der Waals surface area contributed by atoms with E-state index in [4.69, 9.17) is 9.47 Å². The van der Waals surface area contributed by atoms with Crippen LogP contribution >= 0.6 is 7.60 Å². The molecule has 0 aliphatic heterocycles. The van der Waals surface area contributed by atoms with Crippen molar-refractivity contribution in [1.29, 1.82) is 0 Å². The molecule has 2 aromatic rings. The summed E-state index contributed by atoms with van der Waals surface area (Å²) in [5.41, 5.74) is 1.11. The Balaban J connectivity index is 2.34. The largest absolute Gasteiger partial charge is 0.491 e. The van der Waals surface area contributed by atoms with Crippen molar-refractivity contribution < 1.29 is 28.2 Å². The molecule has 124 valence electrons. The maximum Gasteiger partial charge on any atom is 0.356 e. The fourth-order valence-electron chi connectivity index (χ4n) is 2.19. The molecule has 0 saturated carbocycles. The van der Waals surface area contributed by atoms with Gasteiger partial charge in [0.15, 0.2) is 11.6 Å². The molecule has 0 aliphatic rings. The summed E-state index contributed by atoms with van der Waals surface area (Å²) in [5, 5.41) is -0.0716. The van der Waals surface area contributed by atoms with Crippen LogP contribution in [0.15, 0.2) is 30.3 Å². The minimum Gasteiger partial charge on any atom is -0.491 e. The topological polar surface area (TPSA) is 76.0 Å². The predicted octanol–water partition coefficient (Wildman–Crippen LogP) is 3.44. The van der Waals surface area contributed by atoms with Crippen molar-refractivity contribution >= 4 is 12.9 Å². The van der Waals surface area contributed by atoms with Gasteiger partial charge in [-0.3, -0.25) is 4.57 Å². The first-order chi connectivity index (χ1) is 10.7. The van der Waals surface area contributed by atoms with Crippen molar-refractivity contribution in [1.82, 2.24) is 0 Å². The Hall–Kier alpha value is -1.88. The van der Waals surface area contributed by atoms with Gasteiger partial charge in [-0.05, 0) is 56.2 Å². The van der Waals surface area contributed by atoms with Gasteiger partial charge in [-0.2, -0.15) is 0 Å². The summed E-state index contributed by atoms with van der Waals surface area (Å²) in [4.78, 5) is 18.5. The Labute approximate surface area is 133 Å². The van der Waals surface area contributed by atoms with E-state index in [1.165, 1.54) is 24.3 Å². The fourth-order valence-corrected chi connectivity index (χ4v) is 2.92. The molecule has 2 N–H and O–H groups in total. The van der Waals surface area contributed by atoms with Gasteiger partial charge in [0, 0.05) is 6.07 Å². The quantitative estimate of drug-likeness (QED) is 0.816.